The predicted octanol–water partition coefficient (Wildman–Crippen LogP) is 6.92. The van der Waals surface area contributed by atoms with Gasteiger partial charge in [-0.1, -0.05) is 91.1 Å². The minimum atomic E-state index is -0.786. The summed E-state index contributed by atoms with van der Waals surface area (Å²) in [4.78, 5) is 28.5. The van der Waals surface area contributed by atoms with E-state index in [-0.39, 0.29) is 24.1 Å². The van der Waals surface area contributed by atoms with Crippen LogP contribution in [0.15, 0.2) is 72.8 Å². The molecule has 0 fully saturated rings. The Bertz CT molecular complexity index is 1180. The Kier molecular flexibility index (Phi) is 11.8. The normalized spacial score (nSPS) is 11.7. The molecule has 0 aliphatic heterocycles. The van der Waals surface area contributed by atoms with E-state index in [1.54, 1.807) is 30.3 Å². The third-order valence-corrected chi connectivity index (χ3v) is 7.45. The van der Waals surface area contributed by atoms with Crippen molar-refractivity contribution in [2.24, 2.45) is 0 Å². The third-order valence-electron chi connectivity index (χ3n) is 5.90. The molecule has 0 aromatic heterocycles. The van der Waals surface area contributed by atoms with Crippen molar-refractivity contribution in [2.75, 3.05) is 12.3 Å². The fourth-order valence-corrected chi connectivity index (χ4v) is 5.31. The molecule has 1 unspecified atom stereocenters. The number of halogens is 3. The fraction of sp³-hybridized carbons (Fsp3) is 0.310. The van der Waals surface area contributed by atoms with E-state index in [9.17, 15) is 14.0 Å². The summed E-state index contributed by atoms with van der Waals surface area (Å²) in [5.74, 6) is -0.286. The molecule has 8 heteroatoms. The molecule has 0 radical (unpaired) electrons. The van der Waals surface area contributed by atoms with E-state index in [2.05, 4.69) is 5.32 Å². The Balaban J connectivity index is 1.84. The summed E-state index contributed by atoms with van der Waals surface area (Å²) >= 11 is 13.7. The second-order valence-electron chi connectivity index (χ2n) is 8.69. The molecular formula is C29H31Cl2FN2O2S. The molecular weight excluding hydrogens is 530 g/mol. The molecule has 3 aromatic carbocycles. The lowest BCUT2D eigenvalue weighted by Gasteiger charge is -2.31. The fourth-order valence-electron chi connectivity index (χ4n) is 3.84. The van der Waals surface area contributed by atoms with Crippen molar-refractivity contribution in [2.45, 2.75) is 44.5 Å². The van der Waals surface area contributed by atoms with Crippen molar-refractivity contribution in [3.8, 4) is 0 Å². The molecule has 196 valence electrons. The lowest BCUT2D eigenvalue weighted by atomic mass is 10.0. The summed E-state index contributed by atoms with van der Waals surface area (Å²) in [7, 11) is 0. The van der Waals surface area contributed by atoms with E-state index < -0.39 is 11.9 Å². The summed E-state index contributed by atoms with van der Waals surface area (Å²) in [5, 5.41) is 4.05. The quantitative estimate of drug-likeness (QED) is 0.231. The maximum atomic E-state index is 14.6. The summed E-state index contributed by atoms with van der Waals surface area (Å²) < 4.78 is 14.6. The summed E-state index contributed by atoms with van der Waals surface area (Å²) in [6.45, 7) is 2.56. The minimum absolute atomic E-state index is 0.00747. The van der Waals surface area contributed by atoms with E-state index in [0.717, 1.165) is 24.0 Å². The summed E-state index contributed by atoms with van der Waals surface area (Å²) in [6.07, 6.45) is 2.10. The SMILES string of the molecule is CCCCNC(=O)C(Cc1ccccc1)N(Cc1ccccc1F)C(=O)CSCc1ccc(Cl)cc1Cl. The van der Waals surface area contributed by atoms with Crippen molar-refractivity contribution in [3.05, 3.63) is 105 Å². The van der Waals surface area contributed by atoms with Gasteiger partial charge in [0.25, 0.3) is 0 Å². The van der Waals surface area contributed by atoms with Gasteiger partial charge in [-0.25, -0.2) is 4.39 Å². The highest BCUT2D eigenvalue weighted by molar-refractivity contribution is 7.99. The average molecular weight is 562 g/mol. The molecule has 0 aliphatic rings. The second-order valence-corrected chi connectivity index (χ2v) is 10.5. The van der Waals surface area contributed by atoms with Crippen LogP contribution in [0, 0.1) is 5.82 Å². The Morgan fingerprint density at radius 2 is 1.73 bits per heavy atom. The number of carbonyl (C=O) groups excluding carboxylic acids is 2. The Labute approximate surface area is 232 Å². The van der Waals surface area contributed by atoms with Crippen molar-refractivity contribution in [3.63, 3.8) is 0 Å². The topological polar surface area (TPSA) is 49.4 Å². The highest BCUT2D eigenvalue weighted by Gasteiger charge is 2.30. The predicted molar refractivity (Wildman–Crippen MR) is 151 cm³/mol. The van der Waals surface area contributed by atoms with Gasteiger partial charge in [-0.2, -0.15) is 0 Å². The van der Waals surface area contributed by atoms with Gasteiger partial charge in [-0.05, 0) is 35.7 Å². The van der Waals surface area contributed by atoms with Gasteiger partial charge in [0, 0.05) is 40.9 Å². The smallest absolute Gasteiger partial charge is 0.243 e. The van der Waals surface area contributed by atoms with E-state index >= 15 is 0 Å². The largest absolute Gasteiger partial charge is 0.354 e. The van der Waals surface area contributed by atoms with Gasteiger partial charge in [0.1, 0.15) is 11.9 Å². The van der Waals surface area contributed by atoms with Crippen LogP contribution in [0.4, 0.5) is 4.39 Å². The number of hydrogen-bond acceptors (Lipinski definition) is 3. The van der Waals surface area contributed by atoms with Crippen LogP contribution in [0.3, 0.4) is 0 Å². The lowest BCUT2D eigenvalue weighted by molar-refractivity contribution is -0.139. The molecule has 3 rings (SSSR count). The minimum Gasteiger partial charge on any atom is -0.354 e. The van der Waals surface area contributed by atoms with E-state index in [1.807, 2.05) is 43.3 Å². The summed E-state index contributed by atoms with van der Waals surface area (Å²) in [6, 6.07) is 20.4. The van der Waals surface area contributed by atoms with Crippen molar-refractivity contribution >= 4 is 46.8 Å². The maximum absolute atomic E-state index is 14.6. The molecule has 4 nitrogen and oxygen atoms in total. The van der Waals surface area contributed by atoms with Crippen molar-refractivity contribution in [1.82, 2.24) is 10.2 Å². The standard InChI is InChI=1S/C29H31Cl2FN2O2S/c1-2-3-15-33-29(36)27(16-21-9-5-4-6-10-21)34(18-22-11-7-8-12-26(22)32)28(35)20-37-19-23-13-14-24(30)17-25(23)31/h4-14,17,27H,2-3,15-16,18-20H2,1H3,(H,33,36). The molecule has 0 heterocycles. The number of rotatable bonds is 13. The monoisotopic (exact) mass is 560 g/mol. The molecule has 37 heavy (non-hydrogen) atoms. The first-order chi connectivity index (χ1) is 17.9. The van der Waals surface area contributed by atoms with Gasteiger partial charge in [-0.3, -0.25) is 9.59 Å². The highest BCUT2D eigenvalue weighted by Crippen LogP contribution is 2.25. The van der Waals surface area contributed by atoms with E-state index in [4.69, 9.17) is 23.2 Å². The van der Waals surface area contributed by atoms with E-state index in [0.29, 0.717) is 34.3 Å². The van der Waals surface area contributed by atoms with Crippen LogP contribution < -0.4 is 5.32 Å². The number of hydrogen-bond donors (Lipinski definition) is 1. The zero-order valence-corrected chi connectivity index (χ0v) is 23.1. The van der Waals surface area contributed by atoms with Crippen molar-refractivity contribution < 1.29 is 14.0 Å². The van der Waals surface area contributed by atoms with Crippen LogP contribution in [0.25, 0.3) is 0 Å². The molecule has 2 amide bonds. The summed E-state index contributed by atoms with van der Waals surface area (Å²) in [5.41, 5.74) is 2.15. The molecule has 1 atom stereocenters. The zero-order valence-electron chi connectivity index (χ0n) is 20.8. The lowest BCUT2D eigenvalue weighted by Crippen LogP contribution is -2.51. The van der Waals surface area contributed by atoms with Crippen LogP contribution in [-0.4, -0.2) is 35.1 Å². The van der Waals surface area contributed by atoms with Crippen LogP contribution in [0.1, 0.15) is 36.5 Å². The van der Waals surface area contributed by atoms with Crippen LogP contribution in [-0.2, 0) is 28.3 Å². The van der Waals surface area contributed by atoms with Crippen LogP contribution >= 0.6 is 35.0 Å². The van der Waals surface area contributed by atoms with Crippen LogP contribution in [0.2, 0.25) is 10.0 Å². The first-order valence-electron chi connectivity index (χ1n) is 12.2. The highest BCUT2D eigenvalue weighted by atomic mass is 35.5. The Morgan fingerprint density at radius 3 is 2.43 bits per heavy atom. The third kappa shape index (κ3) is 9.06. The van der Waals surface area contributed by atoms with Gasteiger partial charge >= 0.3 is 0 Å². The number of benzene rings is 3. The number of nitrogens with zero attached hydrogens (tertiary/aromatic N) is 1. The number of carbonyl (C=O) groups is 2. The van der Waals surface area contributed by atoms with E-state index in [1.165, 1.54) is 22.7 Å². The first-order valence-corrected chi connectivity index (χ1v) is 14.2. The van der Waals surface area contributed by atoms with Crippen LogP contribution in [0.5, 0.6) is 0 Å². The Morgan fingerprint density at radius 1 is 1.00 bits per heavy atom. The van der Waals surface area contributed by atoms with Gasteiger partial charge in [-0.15, -0.1) is 11.8 Å². The van der Waals surface area contributed by atoms with Gasteiger partial charge < -0.3 is 10.2 Å². The molecule has 3 aromatic rings. The maximum Gasteiger partial charge on any atom is 0.243 e. The number of unbranched alkanes of at least 4 members (excludes halogenated alkanes) is 1. The molecule has 0 aliphatic carbocycles. The van der Waals surface area contributed by atoms with Gasteiger partial charge in [0.2, 0.25) is 11.8 Å². The molecule has 0 saturated carbocycles. The van der Waals surface area contributed by atoms with Gasteiger partial charge in [0.15, 0.2) is 0 Å². The average Bonchev–Trinajstić information content (AvgIpc) is 2.89. The van der Waals surface area contributed by atoms with Gasteiger partial charge in [0.05, 0.1) is 5.75 Å². The molecule has 0 spiro atoms. The zero-order chi connectivity index (χ0) is 26.6. The Hall–Kier alpha value is -2.54. The number of thioether (sulfide) groups is 1. The second kappa shape index (κ2) is 15.0. The molecule has 0 bridgehead atoms. The van der Waals surface area contributed by atoms with Crippen molar-refractivity contribution in [1.29, 1.82) is 0 Å². The molecule has 0 saturated heterocycles. The first kappa shape index (κ1) is 29.0. The number of amides is 2. The molecule has 1 N–H and O–H groups in total. The number of nitrogens with one attached hydrogen (secondary N) is 1.